The van der Waals surface area contributed by atoms with E-state index in [0.29, 0.717) is 27.8 Å². The molecule has 0 bridgehead atoms. The molecule has 2 N–H and O–H groups in total. The average molecular weight is 428 g/mol. The van der Waals surface area contributed by atoms with Gasteiger partial charge in [-0.15, -0.1) is 0 Å². The number of aliphatic hydroxyl groups excluding tert-OH is 1. The summed E-state index contributed by atoms with van der Waals surface area (Å²) in [6, 6.07) is 9.40. The molecule has 1 aromatic heterocycles. The molecule has 2 aromatic carbocycles. The van der Waals surface area contributed by atoms with Crippen LogP contribution in [0.4, 0.5) is 13.2 Å². The molecule has 2 aliphatic rings. The molecule has 31 heavy (non-hydrogen) atoms. The number of hydrogen-bond acceptors (Lipinski definition) is 3. The van der Waals surface area contributed by atoms with Crippen molar-refractivity contribution >= 4 is 0 Å². The van der Waals surface area contributed by atoms with Crippen LogP contribution in [0.3, 0.4) is 0 Å². The molecule has 0 amide bonds. The van der Waals surface area contributed by atoms with E-state index in [-0.39, 0.29) is 17.7 Å². The van der Waals surface area contributed by atoms with E-state index in [1.165, 1.54) is 18.2 Å². The molecule has 162 valence electrons. The van der Waals surface area contributed by atoms with Gasteiger partial charge in [-0.2, -0.15) is 18.3 Å². The van der Waals surface area contributed by atoms with Gasteiger partial charge in [0.25, 0.3) is 0 Å². The van der Waals surface area contributed by atoms with Crippen LogP contribution < -0.4 is 0 Å². The van der Waals surface area contributed by atoms with E-state index in [1.807, 2.05) is 12.3 Å². The topological polar surface area (TPSA) is 58.3 Å². The quantitative estimate of drug-likeness (QED) is 0.624. The lowest BCUT2D eigenvalue weighted by Crippen LogP contribution is -2.41. The number of rotatable bonds is 3. The number of aliphatic hydroxyl groups is 2. The summed E-state index contributed by atoms with van der Waals surface area (Å²) in [5.74, 6) is 0. The van der Waals surface area contributed by atoms with Crippen LogP contribution in [0.15, 0.2) is 48.8 Å². The van der Waals surface area contributed by atoms with Gasteiger partial charge < -0.3 is 10.2 Å². The minimum Gasteiger partial charge on any atom is -0.394 e. The van der Waals surface area contributed by atoms with E-state index in [0.717, 1.165) is 25.7 Å². The molecule has 1 unspecified atom stereocenters. The number of halogens is 3. The smallest absolute Gasteiger partial charge is 0.394 e. The van der Waals surface area contributed by atoms with Gasteiger partial charge in [0, 0.05) is 22.9 Å². The van der Waals surface area contributed by atoms with Crippen molar-refractivity contribution < 1.29 is 23.4 Å². The molecule has 0 aliphatic heterocycles. The summed E-state index contributed by atoms with van der Waals surface area (Å²) in [5.41, 5.74) is -1.19. The van der Waals surface area contributed by atoms with Gasteiger partial charge in [0.1, 0.15) is 0 Å². The first-order valence-electron chi connectivity index (χ1n) is 10.4. The monoisotopic (exact) mass is 428 g/mol. The Balaban J connectivity index is 1.74. The third-order valence-electron chi connectivity index (χ3n) is 6.88. The van der Waals surface area contributed by atoms with Crippen molar-refractivity contribution in [3.63, 3.8) is 0 Å². The van der Waals surface area contributed by atoms with E-state index in [4.69, 9.17) is 0 Å². The SMILES string of the molecule is Cc1cc(-c2cnn(C3(CO)CCCC3)c2)c2c(c1)C(O)(C(F)(F)F)c1ccccc1-2. The van der Waals surface area contributed by atoms with Crippen LogP contribution in [0.2, 0.25) is 0 Å². The van der Waals surface area contributed by atoms with Gasteiger partial charge in [0.05, 0.1) is 18.3 Å². The summed E-state index contributed by atoms with van der Waals surface area (Å²) >= 11 is 0. The Bertz CT molecular complexity index is 1160. The first kappa shape index (κ1) is 20.3. The summed E-state index contributed by atoms with van der Waals surface area (Å²) in [6.45, 7) is 1.69. The van der Waals surface area contributed by atoms with E-state index in [1.54, 1.807) is 29.9 Å². The Hall–Kier alpha value is -2.64. The Labute approximate surface area is 178 Å². The summed E-state index contributed by atoms with van der Waals surface area (Å²) < 4.78 is 44.3. The van der Waals surface area contributed by atoms with E-state index in [9.17, 15) is 23.4 Å². The fraction of sp³-hybridized carbons (Fsp3) is 0.375. The molecule has 1 saturated carbocycles. The first-order chi connectivity index (χ1) is 14.7. The fourth-order valence-corrected chi connectivity index (χ4v) is 5.27. The zero-order valence-corrected chi connectivity index (χ0v) is 17.1. The second-order valence-corrected chi connectivity index (χ2v) is 8.75. The van der Waals surface area contributed by atoms with Crippen LogP contribution in [0.1, 0.15) is 42.4 Å². The molecule has 0 saturated heterocycles. The number of aryl methyl sites for hydroxylation is 1. The standard InChI is InChI=1S/C24H23F3N2O2/c1-15-10-18(16-12-28-29(13-16)22(14-30)8-4-5-9-22)21-17-6-2-3-7-19(17)23(31,20(21)11-15)24(25,26)27/h2-3,6-7,10-13,30-31H,4-5,8-9,14H2,1H3. The minimum absolute atomic E-state index is 0.0310. The largest absolute Gasteiger partial charge is 0.425 e. The van der Waals surface area contributed by atoms with Crippen LogP contribution in [-0.4, -0.2) is 32.8 Å². The van der Waals surface area contributed by atoms with Crippen molar-refractivity contribution in [2.45, 2.75) is 49.9 Å². The van der Waals surface area contributed by atoms with Crippen LogP contribution >= 0.6 is 0 Å². The highest BCUT2D eigenvalue weighted by Crippen LogP contribution is 2.57. The highest BCUT2D eigenvalue weighted by molar-refractivity contribution is 5.92. The van der Waals surface area contributed by atoms with Crippen molar-refractivity contribution in [2.75, 3.05) is 6.61 Å². The minimum atomic E-state index is -4.87. The number of nitrogens with zero attached hydrogens (tertiary/aromatic N) is 2. The van der Waals surface area contributed by atoms with Gasteiger partial charge in [-0.3, -0.25) is 4.68 Å². The molecule has 3 aromatic rings. The van der Waals surface area contributed by atoms with E-state index in [2.05, 4.69) is 5.10 Å². The number of benzene rings is 2. The lowest BCUT2D eigenvalue weighted by molar-refractivity contribution is -0.246. The maximum Gasteiger partial charge on any atom is 0.425 e. The Morgan fingerprint density at radius 3 is 2.45 bits per heavy atom. The molecule has 5 rings (SSSR count). The highest BCUT2D eigenvalue weighted by atomic mass is 19.4. The summed E-state index contributed by atoms with van der Waals surface area (Å²) in [4.78, 5) is 0. The molecular formula is C24H23F3N2O2. The Morgan fingerprint density at radius 2 is 1.77 bits per heavy atom. The van der Waals surface area contributed by atoms with Crippen molar-refractivity contribution in [3.05, 3.63) is 65.5 Å². The number of fused-ring (bicyclic) bond motifs is 3. The van der Waals surface area contributed by atoms with Gasteiger partial charge in [0.2, 0.25) is 5.60 Å². The second kappa shape index (κ2) is 6.68. The van der Waals surface area contributed by atoms with Gasteiger partial charge >= 0.3 is 6.18 Å². The third-order valence-corrected chi connectivity index (χ3v) is 6.88. The Morgan fingerprint density at radius 1 is 1.06 bits per heavy atom. The highest BCUT2D eigenvalue weighted by Gasteiger charge is 2.61. The summed E-state index contributed by atoms with van der Waals surface area (Å²) in [6.07, 6.45) is 2.21. The molecule has 1 heterocycles. The van der Waals surface area contributed by atoms with Gasteiger partial charge in [-0.05, 0) is 36.5 Å². The van der Waals surface area contributed by atoms with Crippen molar-refractivity contribution in [2.24, 2.45) is 0 Å². The molecule has 0 spiro atoms. The van der Waals surface area contributed by atoms with Crippen LogP contribution in [0, 0.1) is 6.92 Å². The third kappa shape index (κ3) is 2.72. The van der Waals surface area contributed by atoms with Crippen LogP contribution in [0.25, 0.3) is 22.3 Å². The van der Waals surface area contributed by atoms with Gasteiger partial charge in [0.15, 0.2) is 0 Å². The lowest BCUT2D eigenvalue weighted by Gasteiger charge is -2.28. The lowest BCUT2D eigenvalue weighted by atomic mass is 9.88. The maximum atomic E-state index is 14.2. The molecule has 0 radical (unpaired) electrons. The number of aromatic nitrogens is 2. The second-order valence-electron chi connectivity index (χ2n) is 8.75. The molecular weight excluding hydrogens is 405 g/mol. The summed E-state index contributed by atoms with van der Waals surface area (Å²) in [5, 5.41) is 25.5. The molecule has 7 heteroatoms. The molecule has 2 aliphatic carbocycles. The molecule has 1 atom stereocenters. The van der Waals surface area contributed by atoms with Crippen molar-refractivity contribution in [3.8, 4) is 22.3 Å². The fourth-order valence-electron chi connectivity index (χ4n) is 5.27. The maximum absolute atomic E-state index is 14.2. The number of hydrogen-bond donors (Lipinski definition) is 2. The Kier molecular flexibility index (Phi) is 4.37. The molecule has 4 nitrogen and oxygen atoms in total. The zero-order chi connectivity index (χ0) is 22.0. The average Bonchev–Trinajstić information content (AvgIpc) is 3.46. The predicted molar refractivity (Wildman–Crippen MR) is 110 cm³/mol. The van der Waals surface area contributed by atoms with Crippen molar-refractivity contribution in [1.29, 1.82) is 0 Å². The van der Waals surface area contributed by atoms with Crippen molar-refractivity contribution in [1.82, 2.24) is 9.78 Å². The molecule has 1 fully saturated rings. The van der Waals surface area contributed by atoms with E-state index >= 15 is 0 Å². The normalized spacial score (nSPS) is 21.9. The number of alkyl halides is 3. The van der Waals surface area contributed by atoms with Crippen LogP contribution in [0.5, 0.6) is 0 Å². The van der Waals surface area contributed by atoms with Crippen LogP contribution in [-0.2, 0) is 11.1 Å². The summed E-state index contributed by atoms with van der Waals surface area (Å²) in [7, 11) is 0. The van der Waals surface area contributed by atoms with E-state index < -0.39 is 17.3 Å². The zero-order valence-electron chi connectivity index (χ0n) is 17.1. The first-order valence-corrected chi connectivity index (χ1v) is 10.4. The van der Waals surface area contributed by atoms with Gasteiger partial charge in [-0.25, -0.2) is 0 Å². The predicted octanol–water partition coefficient (Wildman–Crippen LogP) is 4.90. The van der Waals surface area contributed by atoms with Gasteiger partial charge in [-0.1, -0.05) is 54.8 Å².